The third kappa shape index (κ3) is 3.39. The molecule has 0 aliphatic heterocycles. The van der Waals surface area contributed by atoms with Gasteiger partial charge in [-0.2, -0.15) is 5.26 Å². The Morgan fingerprint density at radius 1 is 1.39 bits per heavy atom. The molecular weight excluding hydrogens is 322 g/mol. The summed E-state index contributed by atoms with van der Waals surface area (Å²) in [5.41, 5.74) is -0.0949. The molecule has 23 heavy (non-hydrogen) atoms. The fourth-order valence-corrected chi connectivity index (χ4v) is 2.11. The minimum absolute atomic E-state index is 0.0172. The van der Waals surface area contributed by atoms with Crippen LogP contribution in [0.15, 0.2) is 36.4 Å². The smallest absolute Gasteiger partial charge is 0.323 e. The van der Waals surface area contributed by atoms with Crippen molar-refractivity contribution < 1.29 is 14.5 Å². The molecule has 0 spiro atoms. The van der Waals surface area contributed by atoms with Crippen molar-refractivity contribution in [3.8, 4) is 11.8 Å². The first-order valence-corrected chi connectivity index (χ1v) is 6.68. The summed E-state index contributed by atoms with van der Waals surface area (Å²) in [6.45, 7) is 0. The lowest BCUT2D eigenvalue weighted by Gasteiger charge is -2.08. The highest BCUT2D eigenvalue weighted by atomic mass is 35.5. The molecule has 1 amide bonds. The largest absolute Gasteiger partial charge is 0.490 e. The highest BCUT2D eigenvalue weighted by molar-refractivity contribution is 6.31. The van der Waals surface area contributed by atoms with E-state index in [0.29, 0.717) is 5.69 Å². The highest BCUT2D eigenvalue weighted by Gasteiger charge is 2.25. The number of carbonyl (C=O) groups is 1. The molecule has 2 aromatic carbocycles. The van der Waals surface area contributed by atoms with Crippen LogP contribution in [-0.2, 0) is 0 Å². The molecule has 7 nitrogen and oxygen atoms in total. The van der Waals surface area contributed by atoms with Crippen LogP contribution in [0.4, 0.5) is 11.4 Å². The molecule has 0 saturated carbocycles. The fraction of sp³-hybridized carbons (Fsp3) is 0.0667. The number of amides is 1. The van der Waals surface area contributed by atoms with Crippen molar-refractivity contribution in [2.75, 3.05) is 12.4 Å². The van der Waals surface area contributed by atoms with Gasteiger partial charge in [0.2, 0.25) is 0 Å². The standard InChI is InChI=1S/C15H10ClN3O4/c1-23-13-4-2-3-11(14(13)19(21)22)15(20)18-10-5-6-12(16)9(7-10)8-17/h2-7H,1H3,(H,18,20). The summed E-state index contributed by atoms with van der Waals surface area (Å²) in [6.07, 6.45) is 0. The number of hydrogen-bond acceptors (Lipinski definition) is 5. The van der Waals surface area contributed by atoms with Gasteiger partial charge in [-0.05, 0) is 30.3 Å². The van der Waals surface area contributed by atoms with E-state index in [1.807, 2.05) is 6.07 Å². The van der Waals surface area contributed by atoms with Crippen LogP contribution in [0.2, 0.25) is 5.02 Å². The van der Waals surface area contributed by atoms with Crippen molar-refractivity contribution in [1.29, 1.82) is 5.26 Å². The predicted octanol–water partition coefficient (Wildman–Crippen LogP) is 3.38. The maximum absolute atomic E-state index is 12.3. The summed E-state index contributed by atoms with van der Waals surface area (Å²) < 4.78 is 4.92. The monoisotopic (exact) mass is 331 g/mol. The van der Waals surface area contributed by atoms with Gasteiger partial charge in [-0.15, -0.1) is 0 Å². The van der Waals surface area contributed by atoms with Gasteiger partial charge >= 0.3 is 5.69 Å². The van der Waals surface area contributed by atoms with E-state index in [1.165, 1.54) is 43.5 Å². The first-order valence-electron chi connectivity index (χ1n) is 6.30. The molecule has 0 aliphatic carbocycles. The number of nitrogens with zero attached hydrogens (tertiary/aromatic N) is 2. The lowest BCUT2D eigenvalue weighted by atomic mass is 10.1. The molecule has 2 rings (SSSR count). The summed E-state index contributed by atoms with van der Waals surface area (Å²) in [4.78, 5) is 22.8. The van der Waals surface area contributed by atoms with Crippen molar-refractivity contribution in [2.45, 2.75) is 0 Å². The van der Waals surface area contributed by atoms with E-state index in [0.717, 1.165) is 0 Å². The number of carbonyl (C=O) groups excluding carboxylic acids is 1. The molecule has 0 radical (unpaired) electrons. The fourth-order valence-electron chi connectivity index (χ4n) is 1.95. The maximum Gasteiger partial charge on any atom is 0.323 e. The molecular formula is C15H10ClN3O4. The lowest BCUT2D eigenvalue weighted by molar-refractivity contribution is -0.386. The molecule has 0 fully saturated rings. The number of methoxy groups -OCH3 is 1. The number of nitro benzene ring substituents is 1. The van der Waals surface area contributed by atoms with Gasteiger partial charge in [0.05, 0.1) is 22.6 Å². The normalized spacial score (nSPS) is 9.78. The zero-order valence-corrected chi connectivity index (χ0v) is 12.6. The quantitative estimate of drug-likeness (QED) is 0.683. The Labute approximate surface area is 136 Å². The molecule has 116 valence electrons. The van der Waals surface area contributed by atoms with Gasteiger partial charge < -0.3 is 10.1 Å². The number of benzene rings is 2. The van der Waals surface area contributed by atoms with Crippen molar-refractivity contribution in [3.63, 3.8) is 0 Å². The third-order valence-electron chi connectivity index (χ3n) is 2.99. The second-order valence-corrected chi connectivity index (χ2v) is 4.78. The van der Waals surface area contributed by atoms with Crippen LogP contribution >= 0.6 is 11.6 Å². The third-order valence-corrected chi connectivity index (χ3v) is 3.32. The Morgan fingerprint density at radius 2 is 2.13 bits per heavy atom. The van der Waals surface area contributed by atoms with Gasteiger partial charge in [0.1, 0.15) is 11.6 Å². The number of rotatable bonds is 4. The summed E-state index contributed by atoms with van der Waals surface area (Å²) in [5, 5.41) is 22.9. The van der Waals surface area contributed by atoms with Crippen LogP contribution < -0.4 is 10.1 Å². The SMILES string of the molecule is COc1cccc(C(=O)Nc2ccc(Cl)c(C#N)c2)c1[N+](=O)[O-]. The Bertz CT molecular complexity index is 830. The molecule has 0 aliphatic rings. The van der Waals surface area contributed by atoms with Crippen molar-refractivity contribution in [2.24, 2.45) is 0 Å². The number of para-hydroxylation sites is 1. The topological polar surface area (TPSA) is 105 Å². The second kappa shape index (κ2) is 6.77. The summed E-state index contributed by atoms with van der Waals surface area (Å²) in [5.74, 6) is -0.710. The molecule has 2 aromatic rings. The van der Waals surface area contributed by atoms with Crippen molar-refractivity contribution >= 4 is 28.9 Å². The average Bonchev–Trinajstić information content (AvgIpc) is 2.55. The number of nitrogens with one attached hydrogen (secondary N) is 1. The molecule has 0 saturated heterocycles. The zero-order valence-electron chi connectivity index (χ0n) is 11.9. The van der Waals surface area contributed by atoms with Crippen molar-refractivity contribution in [1.82, 2.24) is 0 Å². The Kier molecular flexibility index (Phi) is 4.79. The molecule has 0 atom stereocenters. The van der Waals surface area contributed by atoms with E-state index in [9.17, 15) is 14.9 Å². The van der Waals surface area contributed by atoms with Gasteiger partial charge in [0.15, 0.2) is 5.75 Å². The Balaban J connectivity index is 2.39. The van der Waals surface area contributed by atoms with Gasteiger partial charge in [0.25, 0.3) is 5.91 Å². The van der Waals surface area contributed by atoms with Gasteiger partial charge in [0, 0.05) is 5.69 Å². The second-order valence-electron chi connectivity index (χ2n) is 4.37. The molecule has 0 unspecified atom stereocenters. The van der Waals surface area contributed by atoms with Crippen molar-refractivity contribution in [3.05, 3.63) is 62.7 Å². The van der Waals surface area contributed by atoms with Crippen LogP contribution in [-0.4, -0.2) is 17.9 Å². The zero-order chi connectivity index (χ0) is 17.0. The Hall–Kier alpha value is -3.11. The Morgan fingerprint density at radius 3 is 2.74 bits per heavy atom. The van der Waals surface area contributed by atoms with E-state index >= 15 is 0 Å². The number of ether oxygens (including phenoxy) is 1. The number of halogens is 1. The van der Waals surface area contributed by atoms with Gasteiger partial charge in [-0.3, -0.25) is 14.9 Å². The average molecular weight is 332 g/mol. The minimum atomic E-state index is -0.693. The van der Waals surface area contributed by atoms with Gasteiger partial charge in [-0.1, -0.05) is 17.7 Å². The first-order chi connectivity index (χ1) is 11.0. The number of nitriles is 1. The molecule has 1 N–H and O–H groups in total. The van der Waals surface area contributed by atoms with Crippen LogP contribution in [0.5, 0.6) is 5.75 Å². The van der Waals surface area contributed by atoms with Crippen LogP contribution in [0.25, 0.3) is 0 Å². The van der Waals surface area contributed by atoms with E-state index in [2.05, 4.69) is 5.32 Å². The predicted molar refractivity (Wildman–Crippen MR) is 83.8 cm³/mol. The van der Waals surface area contributed by atoms with Crippen LogP contribution in [0.3, 0.4) is 0 Å². The number of anilines is 1. The first kappa shape index (κ1) is 16.3. The number of hydrogen-bond donors (Lipinski definition) is 1. The molecule has 0 heterocycles. The molecule has 0 aromatic heterocycles. The molecule has 0 bridgehead atoms. The maximum atomic E-state index is 12.3. The summed E-state index contributed by atoms with van der Waals surface area (Å²) in [6, 6.07) is 10.4. The summed E-state index contributed by atoms with van der Waals surface area (Å²) in [7, 11) is 1.28. The lowest BCUT2D eigenvalue weighted by Crippen LogP contribution is -2.14. The van der Waals surface area contributed by atoms with E-state index in [1.54, 1.807) is 0 Å². The van der Waals surface area contributed by atoms with E-state index in [-0.39, 0.29) is 21.9 Å². The van der Waals surface area contributed by atoms with E-state index in [4.69, 9.17) is 21.6 Å². The highest BCUT2D eigenvalue weighted by Crippen LogP contribution is 2.31. The van der Waals surface area contributed by atoms with E-state index < -0.39 is 16.5 Å². The number of nitro groups is 1. The minimum Gasteiger partial charge on any atom is -0.490 e. The van der Waals surface area contributed by atoms with Gasteiger partial charge in [-0.25, -0.2) is 0 Å². The van der Waals surface area contributed by atoms with Crippen LogP contribution in [0.1, 0.15) is 15.9 Å². The van der Waals surface area contributed by atoms with Crippen LogP contribution in [0, 0.1) is 21.4 Å². The summed E-state index contributed by atoms with van der Waals surface area (Å²) >= 11 is 5.82. The molecule has 8 heteroatoms.